The highest BCUT2D eigenvalue weighted by Crippen LogP contribution is 2.44. The lowest BCUT2D eigenvalue weighted by molar-refractivity contribution is 0.246. The van der Waals surface area contributed by atoms with Crippen LogP contribution in [0.15, 0.2) is 0 Å². The van der Waals surface area contributed by atoms with Crippen LogP contribution in [-0.4, -0.2) is 12.6 Å². The van der Waals surface area contributed by atoms with E-state index in [9.17, 15) is 0 Å². The van der Waals surface area contributed by atoms with Crippen molar-refractivity contribution in [2.24, 2.45) is 29.6 Å². The molecule has 1 nitrogen and oxygen atoms in total. The monoisotopic (exact) mass is 223 g/mol. The second kappa shape index (κ2) is 5.08. The summed E-state index contributed by atoms with van der Waals surface area (Å²) in [4.78, 5) is 0. The molecule has 1 N–H and O–H groups in total. The van der Waals surface area contributed by atoms with Gasteiger partial charge < -0.3 is 5.32 Å². The van der Waals surface area contributed by atoms with E-state index in [2.05, 4.69) is 33.0 Å². The quantitative estimate of drug-likeness (QED) is 0.749. The number of hydrogen-bond acceptors (Lipinski definition) is 1. The zero-order valence-corrected chi connectivity index (χ0v) is 11.5. The van der Waals surface area contributed by atoms with Crippen LogP contribution in [0.5, 0.6) is 0 Å². The van der Waals surface area contributed by atoms with Crippen molar-refractivity contribution < 1.29 is 0 Å². The summed E-state index contributed by atoms with van der Waals surface area (Å²) in [6.45, 7) is 10.7. The molecule has 2 bridgehead atoms. The Balaban J connectivity index is 1.78. The Morgan fingerprint density at radius 1 is 1.00 bits per heavy atom. The molecule has 0 amide bonds. The van der Waals surface area contributed by atoms with Crippen LogP contribution in [0, 0.1) is 29.6 Å². The Kier molecular flexibility index (Phi) is 3.94. The fourth-order valence-electron chi connectivity index (χ4n) is 4.02. The lowest BCUT2D eigenvalue weighted by Gasteiger charge is -2.30. The van der Waals surface area contributed by atoms with E-state index in [0.717, 1.165) is 35.6 Å². The second-order valence-corrected chi connectivity index (χ2v) is 6.84. The third-order valence-electron chi connectivity index (χ3n) is 5.07. The molecule has 0 aromatic heterocycles. The van der Waals surface area contributed by atoms with Gasteiger partial charge in [-0.3, -0.25) is 0 Å². The Morgan fingerprint density at radius 2 is 1.69 bits per heavy atom. The molecule has 2 aliphatic carbocycles. The highest BCUT2D eigenvalue weighted by molar-refractivity contribution is 4.94. The standard InChI is InChI=1S/C15H29N/c1-10(2)14(11(3)4)9-16-15-8-12-5-6-13(15)7-12/h10-16H,5-9H2,1-4H3. The molecule has 3 atom stereocenters. The molecular formula is C15H29N. The van der Waals surface area contributed by atoms with E-state index in [1.54, 1.807) is 0 Å². The molecule has 2 saturated carbocycles. The summed E-state index contributed by atoms with van der Waals surface area (Å²) in [6, 6.07) is 0.860. The van der Waals surface area contributed by atoms with Gasteiger partial charge in [0.1, 0.15) is 0 Å². The van der Waals surface area contributed by atoms with Gasteiger partial charge >= 0.3 is 0 Å². The van der Waals surface area contributed by atoms with E-state index >= 15 is 0 Å². The van der Waals surface area contributed by atoms with Gasteiger partial charge in [-0.15, -0.1) is 0 Å². The van der Waals surface area contributed by atoms with Gasteiger partial charge in [-0.05, 0) is 55.4 Å². The van der Waals surface area contributed by atoms with Crippen LogP contribution in [-0.2, 0) is 0 Å². The summed E-state index contributed by atoms with van der Waals surface area (Å²) in [5.41, 5.74) is 0. The summed E-state index contributed by atoms with van der Waals surface area (Å²) in [5, 5.41) is 3.88. The fourth-order valence-corrected chi connectivity index (χ4v) is 4.02. The maximum Gasteiger partial charge on any atom is 0.00981 e. The summed E-state index contributed by atoms with van der Waals surface area (Å²) < 4.78 is 0. The number of rotatable bonds is 5. The molecule has 0 heterocycles. The van der Waals surface area contributed by atoms with Crippen LogP contribution in [0.1, 0.15) is 53.4 Å². The lowest BCUT2D eigenvalue weighted by Crippen LogP contribution is -2.39. The van der Waals surface area contributed by atoms with Crippen LogP contribution < -0.4 is 5.32 Å². The van der Waals surface area contributed by atoms with Crippen molar-refractivity contribution in [2.75, 3.05) is 6.54 Å². The van der Waals surface area contributed by atoms with Crippen molar-refractivity contribution in [2.45, 2.75) is 59.4 Å². The van der Waals surface area contributed by atoms with E-state index in [-0.39, 0.29) is 0 Å². The molecule has 2 fully saturated rings. The molecule has 0 spiro atoms. The summed E-state index contributed by atoms with van der Waals surface area (Å²) in [7, 11) is 0. The van der Waals surface area contributed by atoms with Crippen molar-refractivity contribution in [3.8, 4) is 0 Å². The van der Waals surface area contributed by atoms with E-state index in [1.807, 2.05) is 0 Å². The summed E-state index contributed by atoms with van der Waals surface area (Å²) in [5.74, 6) is 4.56. The molecular weight excluding hydrogens is 194 g/mol. The minimum absolute atomic E-state index is 0.811. The first kappa shape index (κ1) is 12.4. The zero-order chi connectivity index (χ0) is 11.7. The average Bonchev–Trinajstić information content (AvgIpc) is 2.77. The topological polar surface area (TPSA) is 12.0 Å². The molecule has 94 valence electrons. The van der Waals surface area contributed by atoms with Gasteiger partial charge in [0.05, 0.1) is 0 Å². The molecule has 0 saturated heterocycles. The van der Waals surface area contributed by atoms with E-state index in [4.69, 9.17) is 0 Å². The Bertz CT molecular complexity index is 213. The fraction of sp³-hybridized carbons (Fsp3) is 1.00. The van der Waals surface area contributed by atoms with Gasteiger partial charge in [0.25, 0.3) is 0 Å². The Morgan fingerprint density at radius 3 is 2.12 bits per heavy atom. The van der Waals surface area contributed by atoms with Crippen molar-refractivity contribution in [3.05, 3.63) is 0 Å². The van der Waals surface area contributed by atoms with Crippen molar-refractivity contribution >= 4 is 0 Å². The molecule has 3 unspecified atom stereocenters. The first-order chi connectivity index (χ1) is 7.58. The van der Waals surface area contributed by atoms with E-state index < -0.39 is 0 Å². The molecule has 2 rings (SSSR count). The van der Waals surface area contributed by atoms with Crippen LogP contribution in [0.2, 0.25) is 0 Å². The van der Waals surface area contributed by atoms with E-state index in [0.29, 0.717) is 0 Å². The molecule has 0 aromatic carbocycles. The molecule has 16 heavy (non-hydrogen) atoms. The van der Waals surface area contributed by atoms with Crippen molar-refractivity contribution in [1.29, 1.82) is 0 Å². The lowest BCUT2D eigenvalue weighted by atomic mass is 9.85. The van der Waals surface area contributed by atoms with Gasteiger partial charge in [-0.2, -0.15) is 0 Å². The highest BCUT2D eigenvalue weighted by Gasteiger charge is 2.39. The Labute approximate surface area is 101 Å². The smallest absolute Gasteiger partial charge is 0.00981 e. The van der Waals surface area contributed by atoms with Gasteiger partial charge in [0.15, 0.2) is 0 Å². The van der Waals surface area contributed by atoms with Gasteiger partial charge in [-0.25, -0.2) is 0 Å². The van der Waals surface area contributed by atoms with Gasteiger partial charge in [-0.1, -0.05) is 34.1 Å². The van der Waals surface area contributed by atoms with Crippen LogP contribution in [0.25, 0.3) is 0 Å². The predicted octanol–water partition coefficient (Wildman–Crippen LogP) is 3.69. The molecule has 0 aliphatic heterocycles. The maximum absolute atomic E-state index is 3.88. The first-order valence-corrected chi connectivity index (χ1v) is 7.31. The second-order valence-electron chi connectivity index (χ2n) is 6.84. The third kappa shape index (κ3) is 2.61. The minimum Gasteiger partial charge on any atom is -0.313 e. The largest absolute Gasteiger partial charge is 0.313 e. The first-order valence-electron chi connectivity index (χ1n) is 7.31. The highest BCUT2D eigenvalue weighted by atomic mass is 14.9. The van der Waals surface area contributed by atoms with Gasteiger partial charge in [0, 0.05) is 6.04 Å². The number of hydrogen-bond donors (Lipinski definition) is 1. The molecule has 0 radical (unpaired) electrons. The molecule has 0 aromatic rings. The summed E-state index contributed by atoms with van der Waals surface area (Å²) >= 11 is 0. The van der Waals surface area contributed by atoms with E-state index in [1.165, 1.54) is 32.2 Å². The normalized spacial score (nSPS) is 33.6. The van der Waals surface area contributed by atoms with Gasteiger partial charge in [0.2, 0.25) is 0 Å². The van der Waals surface area contributed by atoms with Crippen molar-refractivity contribution in [3.63, 3.8) is 0 Å². The Hall–Kier alpha value is -0.0400. The summed E-state index contributed by atoms with van der Waals surface area (Å²) in [6.07, 6.45) is 6.00. The molecule has 2 aliphatic rings. The third-order valence-corrected chi connectivity index (χ3v) is 5.07. The minimum atomic E-state index is 0.811. The SMILES string of the molecule is CC(C)C(CNC1CC2CCC1C2)C(C)C. The molecule has 1 heteroatoms. The maximum atomic E-state index is 3.88. The number of nitrogens with one attached hydrogen (secondary N) is 1. The van der Waals surface area contributed by atoms with Crippen LogP contribution >= 0.6 is 0 Å². The van der Waals surface area contributed by atoms with Crippen molar-refractivity contribution in [1.82, 2.24) is 5.32 Å². The number of fused-ring (bicyclic) bond motifs is 2. The average molecular weight is 223 g/mol. The van der Waals surface area contributed by atoms with Crippen LogP contribution in [0.4, 0.5) is 0 Å². The van der Waals surface area contributed by atoms with Crippen LogP contribution in [0.3, 0.4) is 0 Å². The predicted molar refractivity (Wildman–Crippen MR) is 70.4 cm³/mol. The zero-order valence-electron chi connectivity index (χ0n) is 11.5.